The van der Waals surface area contributed by atoms with Gasteiger partial charge in [0.1, 0.15) is 5.82 Å². The number of rotatable bonds is 4. The number of benzene rings is 1. The molecule has 3 nitrogen and oxygen atoms in total. The van der Waals surface area contributed by atoms with Gasteiger partial charge in [0, 0.05) is 13.1 Å². The van der Waals surface area contributed by atoms with E-state index in [0.717, 1.165) is 5.56 Å². The summed E-state index contributed by atoms with van der Waals surface area (Å²) >= 11 is 0. The van der Waals surface area contributed by atoms with Gasteiger partial charge in [-0.2, -0.15) is 0 Å². The maximum atomic E-state index is 13.0. The molecule has 0 aromatic heterocycles. The van der Waals surface area contributed by atoms with E-state index in [1.165, 1.54) is 12.1 Å². The molecular weight excluding hydrogens is 207 g/mol. The zero-order chi connectivity index (χ0) is 12.1. The highest BCUT2D eigenvalue weighted by molar-refractivity contribution is 5.81. The Bertz CT molecular complexity index is 366. The van der Waals surface area contributed by atoms with Crippen molar-refractivity contribution in [3.05, 3.63) is 35.6 Å². The van der Waals surface area contributed by atoms with Crippen molar-refractivity contribution >= 4 is 5.91 Å². The van der Waals surface area contributed by atoms with E-state index < -0.39 is 6.04 Å². The lowest BCUT2D eigenvalue weighted by Crippen LogP contribution is -2.41. The molecule has 16 heavy (non-hydrogen) atoms. The minimum absolute atomic E-state index is 0.119. The third kappa shape index (κ3) is 3.31. The molecule has 1 aromatic carbocycles. The van der Waals surface area contributed by atoms with Crippen molar-refractivity contribution in [2.24, 2.45) is 5.73 Å². The molecule has 0 heterocycles. The van der Waals surface area contributed by atoms with Gasteiger partial charge in [-0.15, -0.1) is 0 Å². The largest absolute Gasteiger partial charge is 0.337 e. The molecule has 1 aromatic rings. The second-order valence-corrected chi connectivity index (χ2v) is 3.77. The summed E-state index contributed by atoms with van der Waals surface area (Å²) in [6, 6.07) is 5.72. The standard InChI is InChI=1S/C12H17FN2O/c1-3-15(12(16)9(2)14)8-10-5-4-6-11(13)7-10/h4-7,9H,3,8,14H2,1-2H3. The smallest absolute Gasteiger partial charge is 0.239 e. The molecule has 0 spiro atoms. The Balaban J connectivity index is 2.74. The van der Waals surface area contributed by atoms with Crippen LogP contribution in [0.4, 0.5) is 4.39 Å². The van der Waals surface area contributed by atoms with Crippen molar-refractivity contribution in [3.63, 3.8) is 0 Å². The van der Waals surface area contributed by atoms with Gasteiger partial charge in [0.25, 0.3) is 0 Å². The third-order valence-electron chi connectivity index (χ3n) is 2.35. The van der Waals surface area contributed by atoms with E-state index in [9.17, 15) is 9.18 Å². The molecule has 0 aliphatic rings. The number of halogens is 1. The second kappa shape index (κ2) is 5.61. The van der Waals surface area contributed by atoms with E-state index in [2.05, 4.69) is 0 Å². The molecule has 0 aliphatic carbocycles. The number of carbonyl (C=O) groups is 1. The lowest BCUT2D eigenvalue weighted by molar-refractivity contribution is -0.132. The van der Waals surface area contributed by atoms with Crippen molar-refractivity contribution in [2.45, 2.75) is 26.4 Å². The number of hydrogen-bond acceptors (Lipinski definition) is 2. The SMILES string of the molecule is CCN(Cc1cccc(F)c1)C(=O)C(C)N. The average molecular weight is 224 g/mol. The number of nitrogens with two attached hydrogens (primary N) is 1. The summed E-state index contributed by atoms with van der Waals surface area (Å²) in [5.41, 5.74) is 6.30. The summed E-state index contributed by atoms with van der Waals surface area (Å²) in [6.07, 6.45) is 0. The molecule has 0 saturated carbocycles. The van der Waals surface area contributed by atoms with Gasteiger partial charge in [-0.1, -0.05) is 12.1 Å². The Labute approximate surface area is 95.0 Å². The van der Waals surface area contributed by atoms with Crippen LogP contribution < -0.4 is 5.73 Å². The topological polar surface area (TPSA) is 46.3 Å². The summed E-state index contributed by atoms with van der Waals surface area (Å²) in [7, 11) is 0. The minimum Gasteiger partial charge on any atom is -0.337 e. The number of nitrogens with zero attached hydrogens (tertiary/aromatic N) is 1. The van der Waals surface area contributed by atoms with Crippen molar-refractivity contribution in [1.82, 2.24) is 4.90 Å². The predicted molar refractivity (Wildman–Crippen MR) is 61.1 cm³/mol. The van der Waals surface area contributed by atoms with Gasteiger partial charge in [0.2, 0.25) is 5.91 Å². The van der Waals surface area contributed by atoms with Crippen LogP contribution in [0.1, 0.15) is 19.4 Å². The maximum Gasteiger partial charge on any atom is 0.239 e. The normalized spacial score (nSPS) is 12.2. The quantitative estimate of drug-likeness (QED) is 0.842. The van der Waals surface area contributed by atoms with Gasteiger partial charge in [0.15, 0.2) is 0 Å². The van der Waals surface area contributed by atoms with Crippen LogP contribution in [0.5, 0.6) is 0 Å². The van der Waals surface area contributed by atoms with Gasteiger partial charge in [-0.05, 0) is 31.5 Å². The predicted octanol–water partition coefficient (Wildman–Crippen LogP) is 1.52. The molecule has 1 rings (SSSR count). The highest BCUT2D eigenvalue weighted by atomic mass is 19.1. The molecule has 0 saturated heterocycles. The van der Waals surface area contributed by atoms with Crippen LogP contribution in [0.25, 0.3) is 0 Å². The third-order valence-corrected chi connectivity index (χ3v) is 2.35. The van der Waals surface area contributed by atoms with E-state index in [4.69, 9.17) is 5.73 Å². The van der Waals surface area contributed by atoms with Crippen LogP contribution in [0.2, 0.25) is 0 Å². The monoisotopic (exact) mass is 224 g/mol. The van der Waals surface area contributed by atoms with Crippen LogP contribution in [0.15, 0.2) is 24.3 Å². The van der Waals surface area contributed by atoms with Crippen molar-refractivity contribution < 1.29 is 9.18 Å². The number of carbonyl (C=O) groups excluding carboxylic acids is 1. The molecule has 2 N–H and O–H groups in total. The van der Waals surface area contributed by atoms with E-state index in [1.54, 1.807) is 24.0 Å². The molecular formula is C12H17FN2O. The van der Waals surface area contributed by atoms with Gasteiger partial charge >= 0.3 is 0 Å². The fourth-order valence-corrected chi connectivity index (χ4v) is 1.49. The molecule has 0 radical (unpaired) electrons. The van der Waals surface area contributed by atoms with Gasteiger partial charge in [0.05, 0.1) is 6.04 Å². The molecule has 1 atom stereocenters. The lowest BCUT2D eigenvalue weighted by atomic mass is 10.2. The fraction of sp³-hybridized carbons (Fsp3) is 0.417. The second-order valence-electron chi connectivity index (χ2n) is 3.77. The molecule has 1 unspecified atom stereocenters. The summed E-state index contributed by atoms with van der Waals surface area (Å²) in [4.78, 5) is 13.3. The highest BCUT2D eigenvalue weighted by Crippen LogP contribution is 2.08. The van der Waals surface area contributed by atoms with Crippen LogP contribution >= 0.6 is 0 Å². The van der Waals surface area contributed by atoms with Crippen molar-refractivity contribution in [2.75, 3.05) is 6.54 Å². The van der Waals surface area contributed by atoms with Gasteiger partial charge in [-0.3, -0.25) is 4.79 Å². The van der Waals surface area contributed by atoms with E-state index >= 15 is 0 Å². The first-order chi connectivity index (χ1) is 7.54. The molecule has 88 valence electrons. The van der Waals surface area contributed by atoms with Gasteiger partial charge in [-0.25, -0.2) is 4.39 Å². The summed E-state index contributed by atoms with van der Waals surface area (Å²) in [6.45, 7) is 4.49. The van der Waals surface area contributed by atoms with Crippen LogP contribution in [0.3, 0.4) is 0 Å². The summed E-state index contributed by atoms with van der Waals surface area (Å²) < 4.78 is 13.0. The maximum absolute atomic E-state index is 13.0. The summed E-state index contributed by atoms with van der Waals surface area (Å²) in [5.74, 6) is -0.409. The minimum atomic E-state index is -0.520. The molecule has 0 bridgehead atoms. The van der Waals surface area contributed by atoms with Gasteiger partial charge < -0.3 is 10.6 Å². The number of hydrogen-bond donors (Lipinski definition) is 1. The lowest BCUT2D eigenvalue weighted by Gasteiger charge is -2.22. The fourth-order valence-electron chi connectivity index (χ4n) is 1.49. The Morgan fingerprint density at radius 1 is 1.56 bits per heavy atom. The Morgan fingerprint density at radius 3 is 2.75 bits per heavy atom. The molecule has 4 heteroatoms. The van der Waals surface area contributed by atoms with E-state index in [-0.39, 0.29) is 11.7 Å². The average Bonchev–Trinajstić information content (AvgIpc) is 2.25. The Morgan fingerprint density at radius 2 is 2.25 bits per heavy atom. The molecule has 0 fully saturated rings. The summed E-state index contributed by atoms with van der Waals surface area (Å²) in [5, 5.41) is 0. The first-order valence-corrected chi connectivity index (χ1v) is 5.33. The first-order valence-electron chi connectivity index (χ1n) is 5.33. The molecule has 1 amide bonds. The van der Waals surface area contributed by atoms with Crippen LogP contribution in [0, 0.1) is 5.82 Å². The van der Waals surface area contributed by atoms with E-state index in [1.807, 2.05) is 6.92 Å². The molecule has 0 aliphatic heterocycles. The number of amides is 1. The Kier molecular flexibility index (Phi) is 4.43. The zero-order valence-electron chi connectivity index (χ0n) is 9.61. The van der Waals surface area contributed by atoms with E-state index in [0.29, 0.717) is 13.1 Å². The number of likely N-dealkylation sites (N-methyl/N-ethyl adjacent to an activating group) is 1. The zero-order valence-corrected chi connectivity index (χ0v) is 9.61. The Hall–Kier alpha value is -1.42. The van der Waals surface area contributed by atoms with Crippen LogP contribution in [-0.4, -0.2) is 23.4 Å². The first kappa shape index (κ1) is 12.6. The van der Waals surface area contributed by atoms with Crippen LogP contribution in [-0.2, 0) is 11.3 Å². The van der Waals surface area contributed by atoms with Crippen molar-refractivity contribution in [1.29, 1.82) is 0 Å². The highest BCUT2D eigenvalue weighted by Gasteiger charge is 2.15. The van der Waals surface area contributed by atoms with Crippen molar-refractivity contribution in [3.8, 4) is 0 Å².